The molecule has 1 aliphatic heterocycles. The maximum absolute atomic E-state index is 9.10. The molecule has 0 saturated carbocycles. The molecule has 0 radical (unpaired) electrons. The number of nitrogens with zero attached hydrogens (tertiary/aromatic N) is 1. The lowest BCUT2D eigenvalue weighted by Gasteiger charge is -2.24. The third-order valence-electron chi connectivity index (χ3n) is 2.79. The van der Waals surface area contributed by atoms with Crippen LogP contribution >= 0.6 is 0 Å². The summed E-state index contributed by atoms with van der Waals surface area (Å²) in [5, 5.41) is 17.8. The molecule has 12 heavy (non-hydrogen) atoms. The minimum Gasteiger partial charge on any atom is -0.396 e. The Morgan fingerprint density at radius 3 is 2.75 bits per heavy atom. The first kappa shape index (κ1) is 9.96. The smallest absolute Gasteiger partial charge is 0.0589 e. The van der Waals surface area contributed by atoms with Gasteiger partial charge in [-0.25, -0.2) is 0 Å². The predicted octanol–water partition coefficient (Wildman–Crippen LogP) is 0.0715. The standard InChI is InChI=1S/C9H19NO2/c1-8-3-5-10(4-2-6-11)9(8)7-12/h8-9,11-12H,2-7H2,1H3. The van der Waals surface area contributed by atoms with Crippen LogP contribution in [0.3, 0.4) is 0 Å². The quantitative estimate of drug-likeness (QED) is 0.632. The van der Waals surface area contributed by atoms with E-state index in [-0.39, 0.29) is 13.2 Å². The van der Waals surface area contributed by atoms with Crippen LogP contribution in [0, 0.1) is 5.92 Å². The fraction of sp³-hybridized carbons (Fsp3) is 1.00. The van der Waals surface area contributed by atoms with Crippen molar-refractivity contribution in [1.82, 2.24) is 4.90 Å². The van der Waals surface area contributed by atoms with Crippen molar-refractivity contribution in [2.24, 2.45) is 5.92 Å². The van der Waals surface area contributed by atoms with Crippen molar-refractivity contribution in [2.75, 3.05) is 26.3 Å². The Morgan fingerprint density at radius 2 is 2.17 bits per heavy atom. The van der Waals surface area contributed by atoms with Crippen LogP contribution in [0.4, 0.5) is 0 Å². The van der Waals surface area contributed by atoms with Crippen LogP contribution in [-0.4, -0.2) is 47.5 Å². The van der Waals surface area contributed by atoms with Gasteiger partial charge in [0.15, 0.2) is 0 Å². The molecule has 2 N–H and O–H groups in total. The van der Waals surface area contributed by atoms with Crippen molar-refractivity contribution in [1.29, 1.82) is 0 Å². The molecular weight excluding hydrogens is 154 g/mol. The van der Waals surface area contributed by atoms with E-state index < -0.39 is 0 Å². The second-order valence-corrected chi connectivity index (χ2v) is 3.63. The van der Waals surface area contributed by atoms with Crippen molar-refractivity contribution in [3.63, 3.8) is 0 Å². The zero-order valence-corrected chi connectivity index (χ0v) is 7.74. The zero-order chi connectivity index (χ0) is 8.97. The van der Waals surface area contributed by atoms with E-state index in [9.17, 15) is 0 Å². The van der Waals surface area contributed by atoms with Crippen LogP contribution in [-0.2, 0) is 0 Å². The number of rotatable bonds is 4. The molecular formula is C9H19NO2. The van der Waals surface area contributed by atoms with Gasteiger partial charge in [0, 0.05) is 19.2 Å². The summed E-state index contributed by atoms with van der Waals surface area (Å²) in [5.41, 5.74) is 0. The predicted molar refractivity (Wildman–Crippen MR) is 47.9 cm³/mol. The highest BCUT2D eigenvalue weighted by atomic mass is 16.3. The Hall–Kier alpha value is -0.120. The van der Waals surface area contributed by atoms with E-state index in [0.717, 1.165) is 19.5 Å². The molecule has 0 aliphatic carbocycles. The third-order valence-corrected chi connectivity index (χ3v) is 2.79. The van der Waals surface area contributed by atoms with Gasteiger partial charge in [-0.3, -0.25) is 4.90 Å². The summed E-state index contributed by atoms with van der Waals surface area (Å²) in [6, 6.07) is 0.330. The monoisotopic (exact) mass is 173 g/mol. The summed E-state index contributed by atoms with van der Waals surface area (Å²) in [4.78, 5) is 2.28. The number of likely N-dealkylation sites (tertiary alicyclic amines) is 1. The molecule has 2 atom stereocenters. The molecule has 0 aromatic carbocycles. The molecule has 1 heterocycles. The van der Waals surface area contributed by atoms with Crippen molar-refractivity contribution in [3.8, 4) is 0 Å². The van der Waals surface area contributed by atoms with Crippen LogP contribution < -0.4 is 0 Å². The molecule has 0 spiro atoms. The van der Waals surface area contributed by atoms with Gasteiger partial charge in [0.05, 0.1) is 6.61 Å². The molecule has 3 heteroatoms. The average molecular weight is 173 g/mol. The first-order chi connectivity index (χ1) is 5.79. The minimum atomic E-state index is 0.253. The van der Waals surface area contributed by atoms with Crippen LogP contribution in [0.5, 0.6) is 0 Å². The summed E-state index contributed by atoms with van der Waals surface area (Å²) in [5.74, 6) is 0.605. The van der Waals surface area contributed by atoms with Gasteiger partial charge in [-0.1, -0.05) is 6.92 Å². The fourth-order valence-corrected chi connectivity index (χ4v) is 1.93. The lowest BCUT2D eigenvalue weighted by Crippen LogP contribution is -2.36. The van der Waals surface area contributed by atoms with Crippen molar-refractivity contribution in [3.05, 3.63) is 0 Å². The summed E-state index contributed by atoms with van der Waals surface area (Å²) in [7, 11) is 0. The SMILES string of the molecule is CC1CCN(CCCO)C1CO. The Labute approximate surface area is 74.0 Å². The summed E-state index contributed by atoms with van der Waals surface area (Å²) < 4.78 is 0. The maximum Gasteiger partial charge on any atom is 0.0589 e. The number of aliphatic hydroxyl groups excluding tert-OH is 2. The lowest BCUT2D eigenvalue weighted by atomic mass is 10.0. The molecule has 1 rings (SSSR count). The second-order valence-electron chi connectivity index (χ2n) is 3.63. The van der Waals surface area contributed by atoms with E-state index in [2.05, 4.69) is 11.8 Å². The molecule has 0 aromatic heterocycles. The Kier molecular flexibility index (Phi) is 3.98. The largest absolute Gasteiger partial charge is 0.396 e. The number of hydrogen-bond donors (Lipinski definition) is 2. The summed E-state index contributed by atoms with van der Waals surface area (Å²) in [6.45, 7) is 4.69. The normalized spacial score (nSPS) is 31.2. The van der Waals surface area contributed by atoms with Crippen LogP contribution in [0.2, 0.25) is 0 Å². The Bertz CT molecular complexity index is 130. The highest BCUT2D eigenvalue weighted by Crippen LogP contribution is 2.23. The second kappa shape index (κ2) is 4.80. The molecule has 0 bridgehead atoms. The highest BCUT2D eigenvalue weighted by molar-refractivity contribution is 4.83. The zero-order valence-electron chi connectivity index (χ0n) is 7.74. The molecule has 1 aliphatic rings. The first-order valence-electron chi connectivity index (χ1n) is 4.75. The summed E-state index contributed by atoms with van der Waals surface area (Å²) in [6.07, 6.45) is 2.00. The van der Waals surface area contributed by atoms with Crippen LogP contribution in [0.25, 0.3) is 0 Å². The van der Waals surface area contributed by atoms with Crippen LogP contribution in [0.15, 0.2) is 0 Å². The van der Waals surface area contributed by atoms with Crippen molar-refractivity contribution >= 4 is 0 Å². The van der Waals surface area contributed by atoms with Crippen LogP contribution in [0.1, 0.15) is 19.8 Å². The van der Waals surface area contributed by atoms with E-state index in [1.807, 2.05) is 0 Å². The van der Waals surface area contributed by atoms with Gasteiger partial charge in [0.1, 0.15) is 0 Å². The third kappa shape index (κ3) is 2.19. The van der Waals surface area contributed by atoms with Gasteiger partial charge in [0.2, 0.25) is 0 Å². The fourth-order valence-electron chi connectivity index (χ4n) is 1.93. The van der Waals surface area contributed by atoms with Crippen molar-refractivity contribution < 1.29 is 10.2 Å². The maximum atomic E-state index is 9.10. The van der Waals surface area contributed by atoms with E-state index >= 15 is 0 Å². The first-order valence-corrected chi connectivity index (χ1v) is 4.75. The topological polar surface area (TPSA) is 43.7 Å². The van der Waals surface area contributed by atoms with Gasteiger partial charge in [0.25, 0.3) is 0 Å². The molecule has 2 unspecified atom stereocenters. The summed E-state index contributed by atoms with van der Waals surface area (Å²) >= 11 is 0. The molecule has 1 fully saturated rings. The molecule has 0 aromatic rings. The number of hydrogen-bond acceptors (Lipinski definition) is 3. The van der Waals surface area contributed by atoms with Gasteiger partial charge < -0.3 is 10.2 Å². The molecule has 0 amide bonds. The van der Waals surface area contributed by atoms with E-state index in [1.165, 1.54) is 6.42 Å². The van der Waals surface area contributed by atoms with Gasteiger partial charge >= 0.3 is 0 Å². The average Bonchev–Trinajstić information content (AvgIpc) is 2.43. The lowest BCUT2D eigenvalue weighted by molar-refractivity contribution is 0.131. The molecule has 1 saturated heterocycles. The molecule has 72 valence electrons. The minimum absolute atomic E-state index is 0.253. The Morgan fingerprint density at radius 1 is 1.42 bits per heavy atom. The Balaban J connectivity index is 2.32. The number of aliphatic hydroxyl groups is 2. The molecule has 3 nitrogen and oxygen atoms in total. The highest BCUT2D eigenvalue weighted by Gasteiger charge is 2.29. The van der Waals surface area contributed by atoms with Crippen molar-refractivity contribution in [2.45, 2.75) is 25.8 Å². The van der Waals surface area contributed by atoms with Gasteiger partial charge in [-0.05, 0) is 25.3 Å². The van der Waals surface area contributed by atoms with E-state index in [0.29, 0.717) is 12.0 Å². The van der Waals surface area contributed by atoms with Gasteiger partial charge in [-0.15, -0.1) is 0 Å². The van der Waals surface area contributed by atoms with Gasteiger partial charge in [-0.2, -0.15) is 0 Å². The van der Waals surface area contributed by atoms with E-state index in [4.69, 9.17) is 10.2 Å². The van der Waals surface area contributed by atoms with E-state index in [1.54, 1.807) is 0 Å².